The number of carbonyl (C=O) groups is 1. The fourth-order valence-corrected chi connectivity index (χ4v) is 0.834. The molecule has 3 heteroatoms. The lowest BCUT2D eigenvalue weighted by Gasteiger charge is -2.01. The van der Waals surface area contributed by atoms with Crippen molar-refractivity contribution in [3.63, 3.8) is 0 Å². The van der Waals surface area contributed by atoms with E-state index in [1.165, 1.54) is 0 Å². The van der Waals surface area contributed by atoms with Crippen molar-refractivity contribution in [2.75, 3.05) is 0 Å². The molecule has 63 valence electrons. The zero-order valence-electron chi connectivity index (χ0n) is 6.78. The van der Waals surface area contributed by atoms with Gasteiger partial charge >= 0.3 is 0 Å². The molecule has 0 saturated carbocycles. The van der Waals surface area contributed by atoms with Gasteiger partial charge in [-0.3, -0.25) is 4.79 Å². The third-order valence-corrected chi connectivity index (χ3v) is 1.39. The van der Waals surface area contributed by atoms with E-state index >= 15 is 0 Å². The Morgan fingerprint density at radius 2 is 2.00 bits per heavy atom. The van der Waals surface area contributed by atoms with Gasteiger partial charge in [-0.1, -0.05) is 0 Å². The number of primary amides is 1. The van der Waals surface area contributed by atoms with Crippen molar-refractivity contribution in [2.45, 2.75) is 6.92 Å². The third kappa shape index (κ3) is 1.99. The van der Waals surface area contributed by atoms with Gasteiger partial charge in [0.1, 0.15) is 12.4 Å². The topological polar surface area (TPSA) is 52.3 Å². The Kier molecular flexibility index (Phi) is 2.69. The van der Waals surface area contributed by atoms with Crippen LogP contribution in [0.25, 0.3) is 0 Å². The van der Waals surface area contributed by atoms with Gasteiger partial charge in [0.15, 0.2) is 0 Å². The van der Waals surface area contributed by atoms with E-state index in [1.807, 2.05) is 0 Å². The summed E-state index contributed by atoms with van der Waals surface area (Å²) in [6.07, 6.45) is 0. The van der Waals surface area contributed by atoms with Gasteiger partial charge in [0.05, 0.1) is 0 Å². The van der Waals surface area contributed by atoms with E-state index in [2.05, 4.69) is 0 Å². The molecule has 0 aromatic heterocycles. The molecule has 0 aliphatic rings. The quantitative estimate of drug-likeness (QED) is 0.733. The van der Waals surface area contributed by atoms with Crippen molar-refractivity contribution < 1.29 is 9.53 Å². The van der Waals surface area contributed by atoms with Crippen LogP contribution in [0.3, 0.4) is 0 Å². The highest BCUT2D eigenvalue weighted by Crippen LogP contribution is 2.12. The zero-order chi connectivity index (χ0) is 8.97. The smallest absolute Gasteiger partial charge is 0.248 e. The largest absolute Gasteiger partial charge is 0.487 e. The molecule has 0 fully saturated rings. The summed E-state index contributed by atoms with van der Waals surface area (Å²) >= 11 is 0. The van der Waals surface area contributed by atoms with Crippen molar-refractivity contribution in [1.82, 2.24) is 0 Å². The average Bonchev–Trinajstić information content (AvgIpc) is 2.06. The van der Waals surface area contributed by atoms with Gasteiger partial charge in [-0.15, -0.1) is 0 Å². The first-order valence-electron chi connectivity index (χ1n) is 3.58. The van der Waals surface area contributed by atoms with E-state index in [9.17, 15) is 4.79 Å². The van der Waals surface area contributed by atoms with Crippen molar-refractivity contribution in [3.8, 4) is 5.75 Å². The maximum Gasteiger partial charge on any atom is 0.248 e. The molecule has 1 aromatic rings. The van der Waals surface area contributed by atoms with Crippen LogP contribution in [-0.4, -0.2) is 5.91 Å². The van der Waals surface area contributed by atoms with Crippen molar-refractivity contribution in [1.29, 1.82) is 0 Å². The first kappa shape index (κ1) is 8.59. The fourth-order valence-electron chi connectivity index (χ4n) is 0.834. The Labute approximate surface area is 71.1 Å². The van der Waals surface area contributed by atoms with Crippen LogP contribution < -0.4 is 10.5 Å². The highest BCUT2D eigenvalue weighted by atomic mass is 16.5. The highest BCUT2D eigenvalue weighted by molar-refractivity contribution is 5.92. The summed E-state index contributed by atoms with van der Waals surface area (Å²) in [7, 11) is 0. The van der Waals surface area contributed by atoms with Crippen LogP contribution in [0.15, 0.2) is 24.3 Å². The summed E-state index contributed by atoms with van der Waals surface area (Å²) in [5.41, 5.74) is 5.53. The summed E-state index contributed by atoms with van der Waals surface area (Å²) in [6.45, 7) is 3.35. The van der Waals surface area contributed by atoms with Crippen LogP contribution in [0.4, 0.5) is 0 Å². The van der Waals surface area contributed by atoms with E-state index in [1.54, 1.807) is 37.8 Å². The Bertz CT molecular complexity index is 266. The Balaban J connectivity index is 2.78. The first-order valence-corrected chi connectivity index (χ1v) is 3.58. The molecule has 0 aliphatic carbocycles. The average molecular weight is 164 g/mol. The molecule has 0 aliphatic heterocycles. The summed E-state index contributed by atoms with van der Waals surface area (Å²) in [5, 5.41) is 0. The molecule has 3 nitrogen and oxygen atoms in total. The molecule has 0 spiro atoms. The van der Waals surface area contributed by atoms with Gasteiger partial charge in [-0.25, -0.2) is 0 Å². The molecule has 1 aromatic carbocycles. The maximum atomic E-state index is 10.6. The number of hydrogen-bond donors (Lipinski definition) is 1. The van der Waals surface area contributed by atoms with Gasteiger partial charge in [-0.05, 0) is 31.2 Å². The number of nitrogens with two attached hydrogens (primary N) is 1. The fraction of sp³-hybridized carbons (Fsp3) is 0.111. The zero-order valence-corrected chi connectivity index (χ0v) is 6.78. The number of rotatable bonds is 3. The van der Waals surface area contributed by atoms with E-state index in [-0.39, 0.29) is 0 Å². The summed E-state index contributed by atoms with van der Waals surface area (Å²) < 4.78 is 5.06. The second-order valence-electron chi connectivity index (χ2n) is 2.24. The van der Waals surface area contributed by atoms with Gasteiger partial charge < -0.3 is 10.5 Å². The predicted molar refractivity (Wildman–Crippen MR) is 45.6 cm³/mol. The van der Waals surface area contributed by atoms with E-state index < -0.39 is 5.91 Å². The van der Waals surface area contributed by atoms with Gasteiger partial charge in [-0.2, -0.15) is 0 Å². The second-order valence-corrected chi connectivity index (χ2v) is 2.24. The van der Waals surface area contributed by atoms with Crippen LogP contribution >= 0.6 is 0 Å². The Hall–Kier alpha value is -1.51. The molecule has 0 atom stereocenters. The molecule has 0 unspecified atom stereocenters. The number of benzene rings is 1. The minimum Gasteiger partial charge on any atom is -0.487 e. The number of amides is 1. The van der Waals surface area contributed by atoms with Crippen molar-refractivity contribution in [2.24, 2.45) is 5.73 Å². The normalized spacial score (nSPS) is 9.42. The van der Waals surface area contributed by atoms with Crippen LogP contribution in [0.2, 0.25) is 0 Å². The van der Waals surface area contributed by atoms with Crippen LogP contribution in [-0.2, 0) is 0 Å². The second kappa shape index (κ2) is 3.76. The molecular weight excluding hydrogens is 154 g/mol. The van der Waals surface area contributed by atoms with Gasteiger partial charge in [0.25, 0.3) is 0 Å². The molecule has 0 saturated heterocycles. The molecule has 0 heterocycles. The number of ether oxygens (including phenoxy) is 1. The predicted octanol–water partition coefficient (Wildman–Crippen LogP) is 1.35. The van der Waals surface area contributed by atoms with Crippen LogP contribution in [0, 0.1) is 6.61 Å². The van der Waals surface area contributed by atoms with Gasteiger partial charge in [0, 0.05) is 5.56 Å². The minimum atomic E-state index is -0.429. The van der Waals surface area contributed by atoms with Crippen LogP contribution in [0.5, 0.6) is 5.75 Å². The summed E-state index contributed by atoms with van der Waals surface area (Å²) in [4.78, 5) is 10.6. The van der Waals surface area contributed by atoms with Crippen molar-refractivity contribution >= 4 is 5.91 Å². The first-order chi connectivity index (χ1) is 5.74. The Morgan fingerprint density at radius 1 is 1.42 bits per heavy atom. The summed E-state index contributed by atoms with van der Waals surface area (Å²) in [5.74, 6) is 0.268. The van der Waals surface area contributed by atoms with Crippen LogP contribution in [0.1, 0.15) is 17.3 Å². The SMILES string of the molecule is C[CH]Oc1ccc(C(N)=O)cc1. The molecule has 1 amide bonds. The maximum absolute atomic E-state index is 10.6. The number of hydrogen-bond acceptors (Lipinski definition) is 2. The minimum absolute atomic E-state index is 0.429. The standard InChI is InChI=1S/C9H10NO2/c1-2-12-8-5-3-7(4-6-8)9(10)11/h2-6H,1H3,(H2,10,11). The van der Waals surface area contributed by atoms with E-state index in [0.717, 1.165) is 0 Å². The molecular formula is C9H10NO2. The lowest BCUT2D eigenvalue weighted by molar-refractivity contribution is 0.100. The highest BCUT2D eigenvalue weighted by Gasteiger charge is 1.98. The van der Waals surface area contributed by atoms with E-state index in [0.29, 0.717) is 11.3 Å². The third-order valence-electron chi connectivity index (χ3n) is 1.39. The lowest BCUT2D eigenvalue weighted by Crippen LogP contribution is -2.10. The molecule has 12 heavy (non-hydrogen) atoms. The monoisotopic (exact) mass is 164 g/mol. The van der Waals surface area contributed by atoms with E-state index in [4.69, 9.17) is 10.5 Å². The molecule has 1 rings (SSSR count). The molecule has 1 radical (unpaired) electrons. The summed E-state index contributed by atoms with van der Waals surface area (Å²) in [6, 6.07) is 6.64. The lowest BCUT2D eigenvalue weighted by atomic mass is 10.2. The molecule has 2 N–H and O–H groups in total. The Morgan fingerprint density at radius 3 is 2.42 bits per heavy atom. The van der Waals surface area contributed by atoms with Crippen molar-refractivity contribution in [3.05, 3.63) is 36.4 Å². The molecule has 0 bridgehead atoms. The number of carbonyl (C=O) groups excluding carboxylic acids is 1. The van der Waals surface area contributed by atoms with Gasteiger partial charge in [0.2, 0.25) is 5.91 Å².